The molecule has 12 nitrogen and oxygen atoms in total. The number of aromatic amines is 1. The fourth-order valence-corrected chi connectivity index (χ4v) is 6.88. The van der Waals surface area contributed by atoms with Crippen molar-refractivity contribution in [3.05, 3.63) is 114 Å². The molecule has 2 N–H and O–H groups in total. The molecule has 2 amide bonds. The molecule has 232 valence electrons. The van der Waals surface area contributed by atoms with Crippen LogP contribution in [-0.2, 0) is 21.4 Å². The maximum absolute atomic E-state index is 13.8. The van der Waals surface area contributed by atoms with Crippen LogP contribution in [-0.4, -0.2) is 70.1 Å². The number of terminal acetylenes is 1. The van der Waals surface area contributed by atoms with E-state index in [1.807, 2.05) is 30.3 Å². The summed E-state index contributed by atoms with van der Waals surface area (Å²) in [5.41, 5.74) is 2.88. The van der Waals surface area contributed by atoms with Crippen LogP contribution in [0.3, 0.4) is 0 Å². The lowest BCUT2D eigenvalue weighted by Crippen LogP contribution is -2.57. The smallest absolute Gasteiger partial charge is 0.292 e. The number of amides is 2. The van der Waals surface area contributed by atoms with Gasteiger partial charge in [0.25, 0.3) is 15.9 Å². The van der Waals surface area contributed by atoms with Crippen molar-refractivity contribution in [1.29, 1.82) is 0 Å². The van der Waals surface area contributed by atoms with E-state index in [-0.39, 0.29) is 49.4 Å². The lowest BCUT2D eigenvalue weighted by atomic mass is 10.1. The summed E-state index contributed by atoms with van der Waals surface area (Å²) in [6.45, 7) is 0.136. The number of pyridine rings is 1. The Labute approximate surface area is 265 Å². The fraction of sp³-hybridized carbons (Fsp3) is 0.182. The number of hydrogen-bond acceptors (Lipinski definition) is 7. The number of carbonyl (C=O) groups is 2. The Morgan fingerprint density at radius 2 is 1.80 bits per heavy atom. The van der Waals surface area contributed by atoms with Crippen LogP contribution >= 0.6 is 0 Å². The zero-order valence-electron chi connectivity index (χ0n) is 24.5. The number of fused-ring (bicyclic) bond motifs is 1. The molecule has 6 rings (SSSR count). The molecule has 13 heteroatoms. The van der Waals surface area contributed by atoms with Crippen molar-refractivity contribution >= 4 is 32.7 Å². The third kappa shape index (κ3) is 6.30. The summed E-state index contributed by atoms with van der Waals surface area (Å²) >= 11 is 0. The molecule has 1 atom stereocenters. The second-order valence-electron chi connectivity index (χ2n) is 10.8. The van der Waals surface area contributed by atoms with Gasteiger partial charge in [-0.1, -0.05) is 36.3 Å². The van der Waals surface area contributed by atoms with E-state index in [9.17, 15) is 23.2 Å². The highest BCUT2D eigenvalue weighted by Crippen LogP contribution is 2.26. The minimum atomic E-state index is -4.03. The molecule has 1 unspecified atom stereocenters. The van der Waals surface area contributed by atoms with Crippen molar-refractivity contribution in [3.8, 4) is 23.6 Å². The van der Waals surface area contributed by atoms with E-state index in [0.29, 0.717) is 32.5 Å². The average molecular weight is 636 g/mol. The number of aromatic nitrogens is 4. The predicted molar refractivity (Wildman–Crippen MR) is 169 cm³/mol. The van der Waals surface area contributed by atoms with E-state index < -0.39 is 22.0 Å². The summed E-state index contributed by atoms with van der Waals surface area (Å²) in [4.78, 5) is 39.6. The molecule has 0 saturated carbocycles. The normalized spacial score (nSPS) is 15.4. The van der Waals surface area contributed by atoms with Gasteiger partial charge in [0.1, 0.15) is 5.03 Å². The first kappa shape index (κ1) is 30.4. The summed E-state index contributed by atoms with van der Waals surface area (Å²) in [6, 6.07) is 20.1. The first-order valence-electron chi connectivity index (χ1n) is 14.4. The van der Waals surface area contributed by atoms with Gasteiger partial charge in [0, 0.05) is 73.6 Å². The standard InChI is InChI=1S/C33H29N7O5S/c1-2-23-11-12-28-25(16-23)17-31(37-28)46(44,45)38-14-15-39(27(22-38)18-30(41)34-19-24-8-4-3-5-9-24)33(42)32-35-20-26(21-36-32)29-10-6-7-13-40(29)43/h1,3-13,16-17,20-21,27,37H,14-15,18-19,22H2,(H,34,41). The predicted octanol–water partition coefficient (Wildman–Crippen LogP) is 2.46. The van der Waals surface area contributed by atoms with Crippen LogP contribution in [0.15, 0.2) is 96.4 Å². The number of hydrogen-bond donors (Lipinski definition) is 2. The molecule has 1 aliphatic heterocycles. The fourth-order valence-electron chi connectivity index (χ4n) is 5.39. The van der Waals surface area contributed by atoms with Crippen LogP contribution < -0.4 is 10.0 Å². The van der Waals surface area contributed by atoms with Gasteiger partial charge in [-0.05, 0) is 35.9 Å². The quantitative estimate of drug-likeness (QED) is 0.151. The molecular formula is C33H29N7O5S. The van der Waals surface area contributed by atoms with Gasteiger partial charge < -0.3 is 20.4 Å². The zero-order chi connectivity index (χ0) is 32.3. The molecule has 1 fully saturated rings. The third-order valence-corrected chi connectivity index (χ3v) is 9.59. The van der Waals surface area contributed by atoms with Crippen LogP contribution in [0.1, 0.15) is 28.2 Å². The van der Waals surface area contributed by atoms with Crippen molar-refractivity contribution in [2.24, 2.45) is 0 Å². The topological polar surface area (TPSA) is 155 Å². The highest BCUT2D eigenvalue weighted by atomic mass is 32.2. The van der Waals surface area contributed by atoms with Crippen molar-refractivity contribution in [2.75, 3.05) is 19.6 Å². The Morgan fingerprint density at radius 3 is 2.54 bits per heavy atom. The first-order valence-corrected chi connectivity index (χ1v) is 15.9. The van der Waals surface area contributed by atoms with Gasteiger partial charge in [0.15, 0.2) is 6.20 Å². The van der Waals surface area contributed by atoms with Gasteiger partial charge in [0.2, 0.25) is 17.4 Å². The maximum atomic E-state index is 13.8. The summed E-state index contributed by atoms with van der Waals surface area (Å²) in [5.74, 6) is 1.50. The SMILES string of the molecule is C#Cc1ccc2[nH]c(S(=O)(=O)N3CCN(C(=O)c4ncc(-c5cccc[n+]5[O-])cn4)C(CC(=O)NCc4ccccc4)C3)cc2c1. The van der Waals surface area contributed by atoms with Crippen LogP contribution in [0.4, 0.5) is 0 Å². The minimum absolute atomic E-state index is 0.000518. The average Bonchev–Trinajstić information content (AvgIpc) is 3.52. The number of benzene rings is 2. The molecule has 1 aliphatic rings. The van der Waals surface area contributed by atoms with Crippen LogP contribution in [0.5, 0.6) is 0 Å². The number of nitrogens with zero attached hydrogens (tertiary/aromatic N) is 5. The number of nitrogens with one attached hydrogen (secondary N) is 2. The first-order chi connectivity index (χ1) is 22.2. The lowest BCUT2D eigenvalue weighted by molar-refractivity contribution is -0.593. The van der Waals surface area contributed by atoms with E-state index in [1.165, 1.54) is 33.9 Å². The van der Waals surface area contributed by atoms with Crippen molar-refractivity contribution < 1.29 is 22.7 Å². The summed E-state index contributed by atoms with van der Waals surface area (Å²) < 4.78 is 29.5. The molecule has 5 aromatic rings. The van der Waals surface area contributed by atoms with Crippen molar-refractivity contribution in [1.82, 2.24) is 29.5 Å². The Kier molecular flexibility index (Phi) is 8.47. The van der Waals surface area contributed by atoms with Gasteiger partial charge in [-0.25, -0.2) is 18.4 Å². The molecule has 0 spiro atoms. The molecule has 4 heterocycles. The number of sulfonamides is 1. The second-order valence-corrected chi connectivity index (χ2v) is 12.7. The van der Waals surface area contributed by atoms with Crippen LogP contribution in [0.25, 0.3) is 22.2 Å². The van der Waals surface area contributed by atoms with Gasteiger partial charge in [-0.15, -0.1) is 6.42 Å². The number of piperazine rings is 1. The molecule has 0 bridgehead atoms. The zero-order valence-corrected chi connectivity index (χ0v) is 25.4. The Hall–Kier alpha value is -5.58. The maximum Gasteiger partial charge on any atom is 0.292 e. The highest BCUT2D eigenvalue weighted by molar-refractivity contribution is 7.89. The summed E-state index contributed by atoms with van der Waals surface area (Å²) in [5, 5.41) is 15.6. The molecule has 1 saturated heterocycles. The van der Waals surface area contributed by atoms with E-state index in [2.05, 4.69) is 26.2 Å². The highest BCUT2D eigenvalue weighted by Gasteiger charge is 2.39. The Bertz CT molecular complexity index is 2060. The molecule has 0 aliphatic carbocycles. The van der Waals surface area contributed by atoms with Crippen molar-refractivity contribution in [3.63, 3.8) is 0 Å². The minimum Gasteiger partial charge on any atom is -0.618 e. The number of carbonyl (C=O) groups excluding carboxylic acids is 2. The van der Waals surface area contributed by atoms with Crippen LogP contribution in [0.2, 0.25) is 0 Å². The van der Waals surface area contributed by atoms with E-state index in [0.717, 1.165) is 5.56 Å². The molecule has 3 aromatic heterocycles. The van der Waals surface area contributed by atoms with Gasteiger partial charge in [0.05, 0.1) is 11.6 Å². The molecule has 0 radical (unpaired) electrons. The van der Waals surface area contributed by atoms with Gasteiger partial charge in [-0.3, -0.25) is 9.59 Å². The van der Waals surface area contributed by atoms with Crippen molar-refractivity contribution in [2.45, 2.75) is 24.0 Å². The summed E-state index contributed by atoms with van der Waals surface area (Å²) in [7, 11) is -4.03. The lowest BCUT2D eigenvalue weighted by Gasteiger charge is -2.40. The molecule has 46 heavy (non-hydrogen) atoms. The molecule has 2 aromatic carbocycles. The van der Waals surface area contributed by atoms with E-state index in [4.69, 9.17) is 6.42 Å². The van der Waals surface area contributed by atoms with E-state index in [1.54, 1.807) is 36.4 Å². The third-order valence-electron chi connectivity index (χ3n) is 7.80. The van der Waals surface area contributed by atoms with Gasteiger partial charge in [-0.2, -0.15) is 9.04 Å². The largest absolute Gasteiger partial charge is 0.618 e. The van der Waals surface area contributed by atoms with E-state index >= 15 is 0 Å². The molecular weight excluding hydrogens is 606 g/mol. The number of rotatable bonds is 8. The monoisotopic (exact) mass is 635 g/mol. The van der Waals surface area contributed by atoms with Gasteiger partial charge >= 0.3 is 0 Å². The number of H-pyrrole nitrogens is 1. The van der Waals surface area contributed by atoms with Crippen LogP contribution in [0, 0.1) is 17.6 Å². The summed E-state index contributed by atoms with van der Waals surface area (Å²) in [6.07, 6.45) is 9.47. The Morgan fingerprint density at radius 1 is 1.04 bits per heavy atom. The second kappa shape index (κ2) is 12.8. The Balaban J connectivity index is 1.24.